The zero-order chi connectivity index (χ0) is 18.5. The lowest BCUT2D eigenvalue weighted by Crippen LogP contribution is -1.97. The van der Waals surface area contributed by atoms with Crippen molar-refractivity contribution in [1.82, 2.24) is 9.97 Å². The van der Waals surface area contributed by atoms with Crippen molar-refractivity contribution in [1.29, 1.82) is 0 Å². The van der Waals surface area contributed by atoms with Crippen molar-refractivity contribution in [2.24, 2.45) is 5.10 Å². The van der Waals surface area contributed by atoms with Crippen molar-refractivity contribution < 1.29 is 4.74 Å². The number of nitrogens with zero attached hydrogens (tertiary/aromatic N) is 3. The van der Waals surface area contributed by atoms with Gasteiger partial charge in [-0.25, -0.2) is 9.97 Å². The molecule has 0 saturated carbocycles. The number of halogens is 1. The molecular formula is C21H15ClN4O. The summed E-state index contributed by atoms with van der Waals surface area (Å²) in [7, 11) is 0. The van der Waals surface area contributed by atoms with E-state index in [9.17, 15) is 0 Å². The smallest absolute Gasteiger partial charge is 0.185 e. The van der Waals surface area contributed by atoms with Gasteiger partial charge in [-0.1, -0.05) is 54.1 Å². The minimum atomic E-state index is 0.270. The average Bonchev–Trinajstić information content (AvgIpc) is 2.69. The van der Waals surface area contributed by atoms with Crippen LogP contribution in [-0.2, 0) is 0 Å². The van der Waals surface area contributed by atoms with Gasteiger partial charge in [0.15, 0.2) is 11.0 Å². The van der Waals surface area contributed by atoms with Crippen LogP contribution in [0.4, 0.5) is 5.82 Å². The molecule has 0 atom stereocenters. The fourth-order valence-corrected chi connectivity index (χ4v) is 2.68. The first-order valence-corrected chi connectivity index (χ1v) is 8.70. The summed E-state index contributed by atoms with van der Waals surface area (Å²) in [6.45, 7) is 0. The number of nitrogens with one attached hydrogen (secondary N) is 1. The first kappa shape index (κ1) is 17.0. The van der Waals surface area contributed by atoms with Crippen LogP contribution in [-0.4, -0.2) is 16.2 Å². The molecule has 0 radical (unpaired) electrons. The van der Waals surface area contributed by atoms with Crippen LogP contribution >= 0.6 is 11.6 Å². The van der Waals surface area contributed by atoms with Crippen molar-refractivity contribution >= 4 is 34.7 Å². The molecule has 4 rings (SSSR count). The molecule has 5 nitrogen and oxygen atoms in total. The van der Waals surface area contributed by atoms with E-state index in [0.717, 1.165) is 28.1 Å². The molecule has 0 bridgehead atoms. The Kier molecular flexibility index (Phi) is 4.94. The first-order valence-electron chi connectivity index (χ1n) is 8.32. The molecule has 0 saturated heterocycles. The number of hydrazone groups is 1. The number of aromatic nitrogens is 2. The van der Waals surface area contributed by atoms with Gasteiger partial charge in [-0.2, -0.15) is 5.10 Å². The van der Waals surface area contributed by atoms with E-state index in [2.05, 4.69) is 20.5 Å². The van der Waals surface area contributed by atoms with Crippen LogP contribution < -0.4 is 10.2 Å². The van der Waals surface area contributed by atoms with Crippen molar-refractivity contribution in [3.05, 3.63) is 89.6 Å². The molecule has 3 aromatic carbocycles. The van der Waals surface area contributed by atoms with E-state index in [4.69, 9.17) is 16.3 Å². The summed E-state index contributed by atoms with van der Waals surface area (Å²) in [6.07, 6.45) is 1.67. The lowest BCUT2D eigenvalue weighted by molar-refractivity contribution is 0.482. The van der Waals surface area contributed by atoms with E-state index in [1.165, 1.54) is 0 Å². The summed E-state index contributed by atoms with van der Waals surface area (Å²) < 4.78 is 5.83. The Balaban J connectivity index is 1.49. The first-order chi connectivity index (χ1) is 13.3. The fraction of sp³-hybridized carbons (Fsp3) is 0. The maximum absolute atomic E-state index is 6.17. The molecular weight excluding hydrogens is 360 g/mol. The molecule has 0 unspecified atom stereocenters. The third-order valence-electron chi connectivity index (χ3n) is 3.75. The van der Waals surface area contributed by atoms with Crippen molar-refractivity contribution in [3.8, 4) is 11.5 Å². The van der Waals surface area contributed by atoms with Gasteiger partial charge in [-0.15, -0.1) is 0 Å². The largest absolute Gasteiger partial charge is 0.457 e. The molecule has 27 heavy (non-hydrogen) atoms. The summed E-state index contributed by atoms with van der Waals surface area (Å²) >= 11 is 6.17. The van der Waals surface area contributed by atoms with Gasteiger partial charge in [0, 0.05) is 0 Å². The summed E-state index contributed by atoms with van der Waals surface area (Å²) in [6, 6.07) is 24.8. The van der Waals surface area contributed by atoms with Crippen LogP contribution in [0.3, 0.4) is 0 Å². The Morgan fingerprint density at radius 2 is 1.52 bits per heavy atom. The number of ether oxygens (including phenoxy) is 1. The zero-order valence-corrected chi connectivity index (χ0v) is 15.0. The Labute approximate surface area is 161 Å². The Morgan fingerprint density at radius 3 is 2.33 bits per heavy atom. The molecule has 4 aromatic rings. The number of fused-ring (bicyclic) bond motifs is 1. The van der Waals surface area contributed by atoms with Crippen LogP contribution in [0.2, 0.25) is 5.15 Å². The predicted octanol–water partition coefficient (Wildman–Crippen LogP) is 5.52. The Bertz CT molecular complexity index is 1100. The molecule has 0 amide bonds. The molecule has 0 spiro atoms. The van der Waals surface area contributed by atoms with Crippen molar-refractivity contribution in [2.75, 3.05) is 5.43 Å². The molecule has 0 aliphatic carbocycles. The number of para-hydroxylation sites is 3. The third kappa shape index (κ3) is 4.22. The van der Waals surface area contributed by atoms with Crippen LogP contribution in [0, 0.1) is 0 Å². The summed E-state index contributed by atoms with van der Waals surface area (Å²) in [5.74, 6) is 1.92. The second kappa shape index (κ2) is 7.85. The Hall–Kier alpha value is -3.44. The van der Waals surface area contributed by atoms with Crippen LogP contribution in [0.15, 0.2) is 84.0 Å². The molecule has 0 aliphatic heterocycles. The molecule has 0 aliphatic rings. The van der Waals surface area contributed by atoms with E-state index in [1.54, 1.807) is 6.21 Å². The molecule has 1 heterocycles. The highest BCUT2D eigenvalue weighted by Crippen LogP contribution is 2.22. The molecule has 1 N–H and O–H groups in total. The molecule has 6 heteroatoms. The van der Waals surface area contributed by atoms with Gasteiger partial charge < -0.3 is 4.74 Å². The van der Waals surface area contributed by atoms with Gasteiger partial charge >= 0.3 is 0 Å². The van der Waals surface area contributed by atoms with Crippen molar-refractivity contribution in [3.63, 3.8) is 0 Å². The van der Waals surface area contributed by atoms with Gasteiger partial charge in [0.05, 0.1) is 17.2 Å². The van der Waals surface area contributed by atoms with Gasteiger partial charge in [-0.05, 0) is 42.0 Å². The third-order valence-corrected chi connectivity index (χ3v) is 4.01. The van der Waals surface area contributed by atoms with E-state index in [0.29, 0.717) is 5.82 Å². The topological polar surface area (TPSA) is 59.4 Å². The van der Waals surface area contributed by atoms with Crippen LogP contribution in [0.5, 0.6) is 11.5 Å². The minimum Gasteiger partial charge on any atom is -0.457 e. The highest BCUT2D eigenvalue weighted by molar-refractivity contribution is 6.32. The van der Waals surface area contributed by atoms with Gasteiger partial charge in [0.2, 0.25) is 0 Å². The molecule has 132 valence electrons. The number of benzene rings is 3. The summed E-state index contributed by atoms with van der Waals surface area (Å²) in [4.78, 5) is 8.74. The van der Waals surface area contributed by atoms with E-state index >= 15 is 0 Å². The highest BCUT2D eigenvalue weighted by atomic mass is 35.5. The standard InChI is InChI=1S/C21H15ClN4O/c22-20-21(25-19-12-5-4-11-18(19)24-20)26-23-14-15-7-6-10-17(13-15)27-16-8-2-1-3-9-16/h1-14H,(H,25,26). The lowest BCUT2D eigenvalue weighted by atomic mass is 10.2. The van der Waals surface area contributed by atoms with Crippen LogP contribution in [0.1, 0.15) is 5.56 Å². The normalized spacial score (nSPS) is 11.0. The van der Waals surface area contributed by atoms with E-state index < -0.39 is 0 Å². The summed E-state index contributed by atoms with van der Waals surface area (Å²) in [5, 5.41) is 4.48. The molecule has 0 fully saturated rings. The second-order valence-electron chi connectivity index (χ2n) is 5.71. The highest BCUT2D eigenvalue weighted by Gasteiger charge is 2.05. The molecule has 1 aromatic heterocycles. The second-order valence-corrected chi connectivity index (χ2v) is 6.07. The SMILES string of the molecule is Clc1nc2ccccc2nc1NN=Cc1cccc(Oc2ccccc2)c1. The number of hydrogen-bond donors (Lipinski definition) is 1. The fourth-order valence-electron chi connectivity index (χ4n) is 2.50. The van der Waals surface area contributed by atoms with Crippen LogP contribution in [0.25, 0.3) is 11.0 Å². The van der Waals surface area contributed by atoms with Gasteiger partial charge in [0.1, 0.15) is 11.5 Å². The van der Waals surface area contributed by atoms with Gasteiger partial charge in [0.25, 0.3) is 0 Å². The maximum Gasteiger partial charge on any atom is 0.185 e. The quantitative estimate of drug-likeness (QED) is 0.369. The zero-order valence-electron chi connectivity index (χ0n) is 14.2. The number of anilines is 1. The minimum absolute atomic E-state index is 0.270. The summed E-state index contributed by atoms with van der Waals surface area (Å²) in [5.41, 5.74) is 5.21. The number of rotatable bonds is 5. The predicted molar refractivity (Wildman–Crippen MR) is 109 cm³/mol. The van der Waals surface area contributed by atoms with E-state index in [-0.39, 0.29) is 5.15 Å². The lowest BCUT2D eigenvalue weighted by Gasteiger charge is -2.06. The maximum atomic E-state index is 6.17. The monoisotopic (exact) mass is 374 g/mol. The van der Waals surface area contributed by atoms with E-state index in [1.807, 2.05) is 78.9 Å². The van der Waals surface area contributed by atoms with Crippen molar-refractivity contribution in [2.45, 2.75) is 0 Å². The average molecular weight is 375 g/mol. The Morgan fingerprint density at radius 1 is 0.815 bits per heavy atom. The number of hydrogen-bond acceptors (Lipinski definition) is 5. The van der Waals surface area contributed by atoms with Gasteiger partial charge in [-0.3, -0.25) is 5.43 Å².